The summed E-state index contributed by atoms with van der Waals surface area (Å²) in [6, 6.07) is 19.2. The van der Waals surface area contributed by atoms with Crippen LogP contribution in [0.5, 0.6) is 11.5 Å². The highest BCUT2D eigenvalue weighted by atomic mass is 35.5. The van der Waals surface area contributed by atoms with Crippen LogP contribution >= 0.6 is 34.8 Å². The van der Waals surface area contributed by atoms with Crippen molar-refractivity contribution in [2.75, 3.05) is 13.7 Å². The Labute approximate surface area is 186 Å². The summed E-state index contributed by atoms with van der Waals surface area (Å²) in [4.78, 5) is 0. The van der Waals surface area contributed by atoms with E-state index >= 15 is 0 Å². The number of hydrogen-bond acceptors (Lipinski definition) is 3. The van der Waals surface area contributed by atoms with Gasteiger partial charge in [-0.2, -0.15) is 0 Å². The molecular formula is C23H22Cl3NO2. The van der Waals surface area contributed by atoms with Gasteiger partial charge in [-0.1, -0.05) is 59.1 Å². The Morgan fingerprint density at radius 1 is 0.793 bits per heavy atom. The highest BCUT2D eigenvalue weighted by Gasteiger charge is 2.12. The predicted octanol–water partition coefficient (Wildman–Crippen LogP) is 6.57. The number of ether oxygens (including phenoxy) is 2. The van der Waals surface area contributed by atoms with Gasteiger partial charge in [0.2, 0.25) is 0 Å². The maximum Gasteiger partial charge on any atom is 0.180 e. The molecule has 0 atom stereocenters. The molecule has 152 valence electrons. The second kappa shape index (κ2) is 10.7. The summed E-state index contributed by atoms with van der Waals surface area (Å²) < 4.78 is 11.4. The van der Waals surface area contributed by atoms with Crippen LogP contribution in [-0.2, 0) is 19.6 Å². The smallest absolute Gasteiger partial charge is 0.180 e. The Bertz CT molecular complexity index is 928. The van der Waals surface area contributed by atoms with E-state index in [1.807, 2.05) is 60.7 Å². The molecule has 3 aromatic carbocycles. The zero-order valence-corrected chi connectivity index (χ0v) is 18.3. The standard InChI is InChI=1S/C23H22Cl3NO2/c1-28-22-13-18(14-27-11-10-16-2-6-19(24)7-3-16)12-21(26)23(22)29-15-17-4-8-20(25)9-5-17/h2-9,12-13,27H,10-11,14-15H2,1H3. The van der Waals surface area contributed by atoms with Crippen LogP contribution in [0.4, 0.5) is 0 Å². The third-order valence-electron chi connectivity index (χ3n) is 4.42. The van der Waals surface area contributed by atoms with Crippen LogP contribution in [0.15, 0.2) is 60.7 Å². The van der Waals surface area contributed by atoms with Gasteiger partial charge in [-0.25, -0.2) is 0 Å². The fourth-order valence-corrected chi connectivity index (χ4v) is 3.41. The van der Waals surface area contributed by atoms with Gasteiger partial charge < -0.3 is 14.8 Å². The molecule has 1 N–H and O–H groups in total. The molecular weight excluding hydrogens is 429 g/mol. The van der Waals surface area contributed by atoms with E-state index in [0.717, 1.165) is 29.1 Å². The van der Waals surface area contributed by atoms with E-state index < -0.39 is 0 Å². The molecule has 0 unspecified atom stereocenters. The molecule has 3 nitrogen and oxygen atoms in total. The summed E-state index contributed by atoms with van der Waals surface area (Å²) >= 11 is 18.3. The van der Waals surface area contributed by atoms with Crippen molar-refractivity contribution in [2.24, 2.45) is 0 Å². The minimum Gasteiger partial charge on any atom is -0.493 e. The van der Waals surface area contributed by atoms with E-state index in [-0.39, 0.29) is 0 Å². The van der Waals surface area contributed by atoms with E-state index in [9.17, 15) is 0 Å². The number of nitrogens with one attached hydrogen (secondary N) is 1. The lowest BCUT2D eigenvalue weighted by molar-refractivity contribution is 0.284. The Morgan fingerprint density at radius 3 is 2.03 bits per heavy atom. The van der Waals surface area contributed by atoms with Gasteiger partial charge in [0.05, 0.1) is 12.1 Å². The Hall–Kier alpha value is -1.91. The van der Waals surface area contributed by atoms with Crippen molar-refractivity contribution >= 4 is 34.8 Å². The summed E-state index contributed by atoms with van der Waals surface area (Å²) in [5.41, 5.74) is 3.27. The minimum absolute atomic E-state index is 0.381. The number of rotatable bonds is 9. The van der Waals surface area contributed by atoms with Crippen LogP contribution in [0.25, 0.3) is 0 Å². The molecule has 0 saturated heterocycles. The zero-order valence-electron chi connectivity index (χ0n) is 16.1. The molecule has 0 bridgehead atoms. The minimum atomic E-state index is 0.381. The third kappa shape index (κ3) is 6.55. The van der Waals surface area contributed by atoms with Crippen molar-refractivity contribution in [3.05, 3.63) is 92.4 Å². The lowest BCUT2D eigenvalue weighted by atomic mass is 10.1. The third-order valence-corrected chi connectivity index (χ3v) is 5.20. The maximum atomic E-state index is 6.46. The molecule has 0 fully saturated rings. The summed E-state index contributed by atoms with van der Waals surface area (Å²) in [6.07, 6.45) is 0.921. The first-order valence-electron chi connectivity index (χ1n) is 9.24. The molecule has 0 radical (unpaired) electrons. The molecule has 0 aliphatic heterocycles. The highest BCUT2D eigenvalue weighted by Crippen LogP contribution is 2.37. The lowest BCUT2D eigenvalue weighted by Crippen LogP contribution is -2.16. The van der Waals surface area contributed by atoms with Crippen LogP contribution in [0, 0.1) is 0 Å². The summed E-state index contributed by atoms with van der Waals surface area (Å²) in [5.74, 6) is 1.15. The van der Waals surface area contributed by atoms with Crippen molar-refractivity contribution in [3.8, 4) is 11.5 Å². The number of halogens is 3. The molecule has 0 saturated carbocycles. The quantitative estimate of drug-likeness (QED) is 0.374. The Balaban J connectivity index is 1.57. The van der Waals surface area contributed by atoms with E-state index in [1.54, 1.807) is 7.11 Å². The predicted molar refractivity (Wildman–Crippen MR) is 121 cm³/mol. The lowest BCUT2D eigenvalue weighted by Gasteiger charge is -2.15. The van der Waals surface area contributed by atoms with Crippen LogP contribution in [0.1, 0.15) is 16.7 Å². The average Bonchev–Trinajstić information content (AvgIpc) is 2.72. The Morgan fingerprint density at radius 2 is 1.41 bits per heavy atom. The van der Waals surface area contributed by atoms with E-state index in [1.165, 1.54) is 5.56 Å². The van der Waals surface area contributed by atoms with Crippen LogP contribution in [0.3, 0.4) is 0 Å². The first-order chi connectivity index (χ1) is 14.0. The molecule has 0 aromatic heterocycles. The normalized spacial score (nSPS) is 10.8. The van der Waals surface area contributed by atoms with E-state index in [2.05, 4.69) is 5.32 Å². The van der Waals surface area contributed by atoms with Gasteiger partial charge in [-0.15, -0.1) is 0 Å². The molecule has 0 aliphatic rings. The molecule has 29 heavy (non-hydrogen) atoms. The summed E-state index contributed by atoms with van der Waals surface area (Å²) in [6.45, 7) is 1.91. The maximum absolute atomic E-state index is 6.46. The fourth-order valence-electron chi connectivity index (χ4n) is 2.87. The van der Waals surface area contributed by atoms with Gasteiger partial charge >= 0.3 is 0 Å². The molecule has 0 heterocycles. The highest BCUT2D eigenvalue weighted by molar-refractivity contribution is 6.32. The molecule has 3 rings (SSSR count). The van der Waals surface area contributed by atoms with Crippen molar-refractivity contribution in [3.63, 3.8) is 0 Å². The SMILES string of the molecule is COc1cc(CNCCc2ccc(Cl)cc2)cc(Cl)c1OCc1ccc(Cl)cc1. The average molecular weight is 451 g/mol. The zero-order chi connectivity index (χ0) is 20.6. The van der Waals surface area contributed by atoms with Gasteiger partial charge in [0.25, 0.3) is 0 Å². The molecule has 0 amide bonds. The van der Waals surface area contributed by atoms with Crippen LogP contribution in [0.2, 0.25) is 15.1 Å². The Kier molecular flexibility index (Phi) is 8.08. The van der Waals surface area contributed by atoms with E-state index in [4.69, 9.17) is 44.3 Å². The first kappa shape index (κ1) is 21.8. The van der Waals surface area contributed by atoms with Crippen molar-refractivity contribution in [1.29, 1.82) is 0 Å². The van der Waals surface area contributed by atoms with Crippen molar-refractivity contribution in [1.82, 2.24) is 5.32 Å². The fraction of sp³-hybridized carbons (Fsp3) is 0.217. The van der Waals surface area contributed by atoms with E-state index in [0.29, 0.717) is 34.7 Å². The molecule has 3 aromatic rings. The van der Waals surface area contributed by atoms with Gasteiger partial charge in [0.15, 0.2) is 11.5 Å². The first-order valence-corrected chi connectivity index (χ1v) is 10.4. The van der Waals surface area contributed by atoms with Crippen LogP contribution in [-0.4, -0.2) is 13.7 Å². The number of benzene rings is 3. The summed E-state index contributed by atoms with van der Waals surface area (Å²) in [7, 11) is 1.61. The molecule has 0 spiro atoms. The monoisotopic (exact) mass is 449 g/mol. The number of hydrogen-bond donors (Lipinski definition) is 1. The van der Waals surface area contributed by atoms with Gasteiger partial charge in [-0.05, 0) is 66.1 Å². The van der Waals surface area contributed by atoms with Gasteiger partial charge in [0, 0.05) is 16.6 Å². The second-order valence-electron chi connectivity index (χ2n) is 6.58. The second-order valence-corrected chi connectivity index (χ2v) is 7.86. The van der Waals surface area contributed by atoms with Gasteiger partial charge in [-0.3, -0.25) is 0 Å². The van der Waals surface area contributed by atoms with Crippen LogP contribution < -0.4 is 14.8 Å². The molecule has 6 heteroatoms. The largest absolute Gasteiger partial charge is 0.493 e. The molecule has 0 aliphatic carbocycles. The van der Waals surface area contributed by atoms with Gasteiger partial charge in [0.1, 0.15) is 6.61 Å². The van der Waals surface area contributed by atoms with Crippen molar-refractivity contribution < 1.29 is 9.47 Å². The number of methoxy groups -OCH3 is 1. The topological polar surface area (TPSA) is 30.5 Å². The summed E-state index contributed by atoms with van der Waals surface area (Å²) in [5, 5.41) is 5.39. The van der Waals surface area contributed by atoms with Crippen molar-refractivity contribution in [2.45, 2.75) is 19.6 Å².